The molecule has 0 fully saturated rings. The smallest absolute Gasteiger partial charge is 0.502 e. The van der Waals surface area contributed by atoms with Crippen LogP contribution in [-0.4, -0.2) is 99.9 Å². The van der Waals surface area contributed by atoms with E-state index in [0.717, 1.165) is 19.3 Å². The van der Waals surface area contributed by atoms with Crippen molar-refractivity contribution in [1.82, 2.24) is 0 Å². The Morgan fingerprint density at radius 2 is 1.11 bits per heavy atom. The molecule has 0 spiro atoms. The lowest BCUT2D eigenvalue weighted by atomic mass is 10.2. The van der Waals surface area contributed by atoms with E-state index in [-0.39, 0.29) is 24.9 Å². The molecule has 0 aromatic heterocycles. The highest BCUT2D eigenvalue weighted by Crippen LogP contribution is 2.19. The van der Waals surface area contributed by atoms with Crippen LogP contribution in [0.15, 0.2) is 48.5 Å². The van der Waals surface area contributed by atoms with Crippen molar-refractivity contribution >= 4 is 29.5 Å². The second-order valence-corrected chi connectivity index (χ2v) is 15.8. The lowest BCUT2D eigenvalue weighted by Gasteiger charge is -2.26. The van der Waals surface area contributed by atoms with Crippen LogP contribution in [0.25, 0.3) is 0 Å². The van der Waals surface area contributed by atoms with Gasteiger partial charge in [0.2, 0.25) is 0 Å². The molecule has 0 bridgehead atoms. The highest BCUT2D eigenvalue weighted by Gasteiger charge is 2.39. The Balaban J connectivity index is 0.000000450. The summed E-state index contributed by atoms with van der Waals surface area (Å²) in [7, 11) is 2.30. The predicted octanol–water partition coefficient (Wildman–Crippen LogP) is 4.51. The highest BCUT2D eigenvalue weighted by atomic mass is 28.4. The summed E-state index contributed by atoms with van der Waals surface area (Å²) in [4.78, 5) is 23.6. The molecule has 2 aromatic rings. The van der Waals surface area contributed by atoms with Crippen molar-refractivity contribution in [3.63, 3.8) is 0 Å². The maximum absolute atomic E-state index is 11.8. The number of aliphatic hydroxyl groups excluding tert-OH is 1. The molecule has 15 heteroatoms. The van der Waals surface area contributed by atoms with E-state index in [0.29, 0.717) is 36.1 Å². The average molecular weight is 673 g/mol. The summed E-state index contributed by atoms with van der Waals surface area (Å²) in [5, 5.41) is 28.2. The number of unbranched alkanes of at least 4 members (excludes halogenated alkanes) is 2. The average Bonchev–Trinajstić information content (AvgIpc) is 3.06. The number of ether oxygens (including phenoxy) is 2. The summed E-state index contributed by atoms with van der Waals surface area (Å²) in [6.07, 6.45) is 3.39. The third-order valence-corrected chi connectivity index (χ3v) is 12.3. The minimum absolute atomic E-state index is 0.0728. The molecule has 0 radical (unpaired) electrons. The van der Waals surface area contributed by atoms with Crippen molar-refractivity contribution in [3.8, 4) is 11.5 Å². The van der Waals surface area contributed by atoms with Gasteiger partial charge in [0, 0.05) is 47.6 Å². The van der Waals surface area contributed by atoms with Crippen LogP contribution in [0, 0.1) is 0 Å². The number of aliphatic hydroxyl groups is 1. The van der Waals surface area contributed by atoms with E-state index in [2.05, 4.69) is 6.92 Å². The first-order valence-corrected chi connectivity index (χ1v) is 18.4. The Labute approximate surface area is 267 Å². The number of hydrogen-bond acceptors (Lipinski definition) is 13. The second kappa shape index (κ2) is 21.8. The maximum Gasteiger partial charge on any atom is 0.502 e. The van der Waals surface area contributed by atoms with Gasteiger partial charge in [-0.3, -0.25) is 0 Å². The zero-order chi connectivity index (χ0) is 33.7. The molecule has 1 atom stereocenters. The minimum Gasteiger partial charge on any atom is -0.508 e. The van der Waals surface area contributed by atoms with Gasteiger partial charge < -0.3 is 51.3 Å². The van der Waals surface area contributed by atoms with Gasteiger partial charge in [0.15, 0.2) is 6.79 Å². The Kier molecular flexibility index (Phi) is 19.5. The molecule has 0 saturated carbocycles. The van der Waals surface area contributed by atoms with Crippen molar-refractivity contribution in [2.24, 2.45) is 0 Å². The number of benzene rings is 2. The SMILES string of the molecule is CCCCC[Si](OC)(OC)OCOC(=O)c1ccc(O)cc1.CO[Si](CCCC(O)COC(=O)c1ccc(O)cc1)(OC)OC. The van der Waals surface area contributed by atoms with Gasteiger partial charge in [-0.2, -0.15) is 0 Å². The molecule has 2 rings (SSSR count). The van der Waals surface area contributed by atoms with E-state index in [1.54, 1.807) is 14.2 Å². The third kappa shape index (κ3) is 14.8. The van der Waals surface area contributed by atoms with Crippen LogP contribution in [0.2, 0.25) is 12.1 Å². The highest BCUT2D eigenvalue weighted by molar-refractivity contribution is 6.60. The van der Waals surface area contributed by atoms with Crippen LogP contribution in [0.3, 0.4) is 0 Å². The topological polar surface area (TPSA) is 169 Å². The predicted molar refractivity (Wildman–Crippen MR) is 169 cm³/mol. The van der Waals surface area contributed by atoms with Crippen LogP contribution in [0.5, 0.6) is 11.5 Å². The summed E-state index contributed by atoms with van der Waals surface area (Å²) in [6, 6.07) is 12.8. The zero-order valence-corrected chi connectivity index (χ0v) is 29.0. The fourth-order valence-electron chi connectivity index (χ4n) is 3.97. The van der Waals surface area contributed by atoms with Crippen LogP contribution in [0.4, 0.5) is 0 Å². The molecule has 3 N–H and O–H groups in total. The minimum atomic E-state index is -2.77. The van der Waals surface area contributed by atoms with Gasteiger partial charge in [-0.25, -0.2) is 9.59 Å². The Bertz CT molecular complexity index is 1080. The number of carbonyl (C=O) groups excluding carboxylic acids is 2. The number of rotatable bonds is 20. The first-order chi connectivity index (χ1) is 21.5. The summed E-state index contributed by atoms with van der Waals surface area (Å²) in [6.45, 7) is 1.80. The normalized spacial score (nSPS) is 12.2. The van der Waals surface area contributed by atoms with Crippen LogP contribution in [-0.2, 0) is 36.0 Å². The first kappa shape index (κ1) is 40.2. The van der Waals surface area contributed by atoms with Gasteiger partial charge in [0.05, 0.1) is 17.2 Å². The summed E-state index contributed by atoms with van der Waals surface area (Å²) in [5.41, 5.74) is 0.661. The Morgan fingerprint density at radius 1 is 0.667 bits per heavy atom. The largest absolute Gasteiger partial charge is 0.508 e. The van der Waals surface area contributed by atoms with Gasteiger partial charge in [-0.05, 0) is 67.8 Å². The molecule has 254 valence electrons. The standard InChI is InChI=1S/C15H24O7Si.C15H24O6Si/c1-19-23(20-2,21-3)10-4-5-14(17)11-22-15(18)12-6-8-13(16)9-7-12;1-4-5-6-11-22(18-2,19-3)21-12-20-15(17)13-7-9-14(16)10-8-13/h6-9,14,16-17H,4-5,10-11H2,1-3H3;7-10,16H,4-6,11-12H2,1-3H3. The number of carbonyl (C=O) groups is 2. The van der Waals surface area contributed by atoms with E-state index in [9.17, 15) is 19.8 Å². The monoisotopic (exact) mass is 672 g/mol. The van der Waals surface area contributed by atoms with Crippen LogP contribution < -0.4 is 0 Å². The van der Waals surface area contributed by atoms with Crippen LogP contribution in [0.1, 0.15) is 59.7 Å². The summed E-state index contributed by atoms with van der Waals surface area (Å²) < 4.78 is 42.4. The molecule has 0 amide bonds. The molecular weight excluding hydrogens is 624 g/mol. The number of phenolic OH excluding ortho intramolecular Hbond substituents is 2. The number of esters is 2. The van der Waals surface area contributed by atoms with Crippen molar-refractivity contribution in [2.45, 2.75) is 57.2 Å². The number of aromatic hydroxyl groups is 2. The van der Waals surface area contributed by atoms with Gasteiger partial charge in [-0.1, -0.05) is 19.8 Å². The lowest BCUT2D eigenvalue weighted by molar-refractivity contribution is -0.0165. The molecule has 0 aliphatic rings. The maximum atomic E-state index is 11.8. The Morgan fingerprint density at radius 3 is 1.56 bits per heavy atom. The molecule has 13 nitrogen and oxygen atoms in total. The zero-order valence-electron chi connectivity index (χ0n) is 27.0. The van der Waals surface area contributed by atoms with Gasteiger partial charge in [0.1, 0.15) is 18.1 Å². The van der Waals surface area contributed by atoms with Gasteiger partial charge in [0.25, 0.3) is 0 Å². The van der Waals surface area contributed by atoms with E-state index in [4.69, 9.17) is 41.1 Å². The molecule has 1 unspecified atom stereocenters. The van der Waals surface area contributed by atoms with E-state index in [1.807, 2.05) is 0 Å². The third-order valence-electron chi connectivity index (χ3n) is 6.74. The number of phenols is 2. The van der Waals surface area contributed by atoms with E-state index >= 15 is 0 Å². The first-order valence-electron chi connectivity index (χ1n) is 14.5. The molecule has 0 aliphatic carbocycles. The van der Waals surface area contributed by atoms with Crippen LogP contribution >= 0.6 is 0 Å². The molecule has 0 heterocycles. The van der Waals surface area contributed by atoms with Crippen molar-refractivity contribution in [2.75, 3.05) is 48.9 Å². The second-order valence-electron chi connectivity index (χ2n) is 9.78. The van der Waals surface area contributed by atoms with E-state index in [1.165, 1.54) is 69.9 Å². The fourth-order valence-corrected chi connectivity index (χ4v) is 7.59. The fraction of sp³-hybridized carbons (Fsp3) is 0.533. The lowest BCUT2D eigenvalue weighted by Crippen LogP contribution is -2.44. The van der Waals surface area contributed by atoms with Crippen molar-refractivity contribution in [1.29, 1.82) is 0 Å². The van der Waals surface area contributed by atoms with Crippen molar-refractivity contribution in [3.05, 3.63) is 59.7 Å². The summed E-state index contributed by atoms with van der Waals surface area (Å²) >= 11 is 0. The molecule has 2 aromatic carbocycles. The Hall–Kier alpha value is -2.87. The van der Waals surface area contributed by atoms with E-state index < -0.39 is 35.7 Å². The van der Waals surface area contributed by atoms with Gasteiger partial charge in [-0.15, -0.1) is 0 Å². The summed E-state index contributed by atoms with van der Waals surface area (Å²) in [5.74, 6) is -0.903. The van der Waals surface area contributed by atoms with Gasteiger partial charge >= 0.3 is 29.5 Å². The molecule has 0 aliphatic heterocycles. The van der Waals surface area contributed by atoms with Crippen molar-refractivity contribution < 1.29 is 60.9 Å². The molecule has 0 saturated heterocycles. The quantitative estimate of drug-likeness (QED) is 0.0778. The molecular formula is C30H48O13Si2. The number of hydrogen-bond donors (Lipinski definition) is 3. The molecule has 45 heavy (non-hydrogen) atoms.